The average Bonchev–Trinajstić information content (AvgIpc) is 2.12. The van der Waals surface area contributed by atoms with Gasteiger partial charge in [-0.05, 0) is 23.8 Å². The molecule has 0 fully saturated rings. The van der Waals surface area contributed by atoms with Crippen LogP contribution in [0.3, 0.4) is 0 Å². The summed E-state index contributed by atoms with van der Waals surface area (Å²) in [5.41, 5.74) is 0.377. The molecule has 0 spiro atoms. The Morgan fingerprint density at radius 3 is 2.50 bits per heavy atom. The number of Topliss-reactive ketones (excluding diaryl/α,β-unsaturated/α-hetero) is 1. The first kappa shape index (κ1) is 15.1. The first-order chi connectivity index (χ1) is 8.26. The monoisotopic (exact) mass is 328 g/mol. The number of alkyl halides is 3. The van der Waals surface area contributed by atoms with E-state index < -0.39 is 31.0 Å². The van der Waals surface area contributed by atoms with Gasteiger partial charge in [0, 0.05) is 10.9 Å². The molecule has 0 aliphatic heterocycles. The van der Waals surface area contributed by atoms with E-state index in [1.165, 1.54) is 12.1 Å². The van der Waals surface area contributed by atoms with Gasteiger partial charge in [-0.1, -0.05) is 15.9 Å². The van der Waals surface area contributed by atoms with E-state index in [1.807, 2.05) is 0 Å². The van der Waals surface area contributed by atoms with Crippen LogP contribution in [-0.4, -0.2) is 25.2 Å². The fourth-order valence-corrected chi connectivity index (χ4v) is 1.79. The molecule has 0 aliphatic rings. The summed E-state index contributed by atoms with van der Waals surface area (Å²) in [7, 11) is 0. The van der Waals surface area contributed by atoms with Crippen LogP contribution >= 0.6 is 15.9 Å². The Hall–Kier alpha value is -0.950. The highest BCUT2D eigenvalue weighted by molar-refractivity contribution is 9.10. The molecule has 2 nitrogen and oxygen atoms in total. The molecule has 0 saturated heterocycles. The molecule has 1 aromatic rings. The van der Waals surface area contributed by atoms with E-state index in [2.05, 4.69) is 20.7 Å². The van der Waals surface area contributed by atoms with Gasteiger partial charge in [-0.25, -0.2) is 4.39 Å². The van der Waals surface area contributed by atoms with E-state index in [1.54, 1.807) is 0 Å². The van der Waals surface area contributed by atoms with Gasteiger partial charge >= 0.3 is 6.18 Å². The molecule has 0 saturated carbocycles. The molecule has 0 atom stereocenters. The highest BCUT2D eigenvalue weighted by Gasteiger charge is 2.27. The van der Waals surface area contributed by atoms with Crippen molar-refractivity contribution in [2.24, 2.45) is 0 Å². The van der Waals surface area contributed by atoms with E-state index >= 15 is 0 Å². The second kappa shape index (κ2) is 6.29. The van der Waals surface area contributed by atoms with Crippen molar-refractivity contribution in [1.82, 2.24) is 0 Å². The molecule has 0 radical (unpaired) electrons. The third-order valence-corrected chi connectivity index (χ3v) is 2.31. The summed E-state index contributed by atoms with van der Waals surface area (Å²) < 4.78 is 52.9. The largest absolute Gasteiger partial charge is 0.411 e. The predicted molar refractivity (Wildman–Crippen MR) is 59.7 cm³/mol. The van der Waals surface area contributed by atoms with Crippen molar-refractivity contribution in [3.05, 3.63) is 34.1 Å². The molecular weight excluding hydrogens is 320 g/mol. The van der Waals surface area contributed by atoms with Crippen molar-refractivity contribution in [3.63, 3.8) is 0 Å². The lowest BCUT2D eigenvalue weighted by molar-refractivity contribution is -0.175. The lowest BCUT2D eigenvalue weighted by Gasteiger charge is -2.07. The minimum atomic E-state index is -4.46. The van der Waals surface area contributed by atoms with Crippen molar-refractivity contribution in [1.29, 1.82) is 0 Å². The Balaban J connectivity index is 2.45. The van der Waals surface area contributed by atoms with Crippen molar-refractivity contribution < 1.29 is 27.1 Å². The SMILES string of the molecule is O=C(COCC(F)(F)F)Cc1cc(F)cc(Br)c1. The second-order valence-electron chi connectivity index (χ2n) is 3.60. The van der Waals surface area contributed by atoms with Gasteiger partial charge in [0.25, 0.3) is 0 Å². The first-order valence-corrected chi connectivity index (χ1v) is 5.67. The number of hydrogen-bond donors (Lipinski definition) is 0. The lowest BCUT2D eigenvalue weighted by atomic mass is 10.1. The number of hydrogen-bond acceptors (Lipinski definition) is 2. The molecular formula is C11H9BrF4O2. The van der Waals surface area contributed by atoms with E-state index in [-0.39, 0.29) is 6.42 Å². The van der Waals surface area contributed by atoms with Gasteiger partial charge < -0.3 is 4.74 Å². The van der Waals surface area contributed by atoms with Gasteiger partial charge in [-0.3, -0.25) is 4.79 Å². The van der Waals surface area contributed by atoms with E-state index in [4.69, 9.17) is 0 Å². The molecule has 0 heterocycles. The second-order valence-corrected chi connectivity index (χ2v) is 4.52. The van der Waals surface area contributed by atoms with Crippen LogP contribution in [0.25, 0.3) is 0 Å². The zero-order chi connectivity index (χ0) is 13.8. The average molecular weight is 329 g/mol. The maximum absolute atomic E-state index is 13.0. The number of benzene rings is 1. The smallest absolute Gasteiger partial charge is 0.364 e. The molecule has 0 amide bonds. The summed E-state index contributed by atoms with van der Waals surface area (Å²) in [6, 6.07) is 3.88. The number of carbonyl (C=O) groups is 1. The van der Waals surface area contributed by atoms with Gasteiger partial charge in [0.05, 0.1) is 0 Å². The molecule has 0 unspecified atom stereocenters. The molecule has 1 aromatic carbocycles. The van der Waals surface area contributed by atoms with Crippen LogP contribution in [0.5, 0.6) is 0 Å². The first-order valence-electron chi connectivity index (χ1n) is 4.87. The molecule has 0 aromatic heterocycles. The Morgan fingerprint density at radius 2 is 1.94 bits per heavy atom. The standard InChI is InChI=1S/C11H9BrF4O2/c12-8-1-7(2-9(13)4-8)3-10(17)5-18-6-11(14,15)16/h1-2,4H,3,5-6H2. The molecule has 1 rings (SSSR count). The number of ketones is 1. The van der Waals surface area contributed by atoms with Crippen molar-refractivity contribution in [2.75, 3.05) is 13.2 Å². The third kappa shape index (κ3) is 6.11. The highest BCUT2D eigenvalue weighted by Crippen LogP contribution is 2.16. The van der Waals surface area contributed by atoms with Crippen LogP contribution < -0.4 is 0 Å². The minimum absolute atomic E-state index is 0.172. The van der Waals surface area contributed by atoms with Crippen molar-refractivity contribution in [3.8, 4) is 0 Å². The molecule has 0 aliphatic carbocycles. The van der Waals surface area contributed by atoms with Gasteiger partial charge in [-0.15, -0.1) is 0 Å². The molecule has 7 heteroatoms. The zero-order valence-electron chi connectivity index (χ0n) is 9.06. The van der Waals surface area contributed by atoms with Crippen LogP contribution in [-0.2, 0) is 16.0 Å². The zero-order valence-corrected chi connectivity index (χ0v) is 10.6. The van der Waals surface area contributed by atoms with Gasteiger partial charge in [0.1, 0.15) is 19.0 Å². The van der Waals surface area contributed by atoms with E-state index in [0.717, 1.165) is 6.07 Å². The number of rotatable bonds is 5. The van der Waals surface area contributed by atoms with Crippen LogP contribution in [0.15, 0.2) is 22.7 Å². The quantitative estimate of drug-likeness (QED) is 0.775. The Kier molecular flexibility index (Phi) is 5.28. The number of halogens is 5. The summed E-state index contributed by atoms with van der Waals surface area (Å²) in [5, 5.41) is 0. The lowest BCUT2D eigenvalue weighted by Crippen LogP contribution is -2.21. The Morgan fingerprint density at radius 1 is 1.28 bits per heavy atom. The fourth-order valence-electron chi connectivity index (χ4n) is 1.27. The molecule has 18 heavy (non-hydrogen) atoms. The van der Waals surface area contributed by atoms with Crippen molar-refractivity contribution in [2.45, 2.75) is 12.6 Å². The number of ether oxygens (including phenoxy) is 1. The third-order valence-electron chi connectivity index (χ3n) is 1.85. The molecule has 100 valence electrons. The van der Waals surface area contributed by atoms with Gasteiger partial charge in [0.15, 0.2) is 5.78 Å². The van der Waals surface area contributed by atoms with Gasteiger partial charge in [0.2, 0.25) is 0 Å². The fraction of sp³-hybridized carbons (Fsp3) is 0.364. The van der Waals surface area contributed by atoms with Crippen LogP contribution in [0.2, 0.25) is 0 Å². The van der Waals surface area contributed by atoms with Crippen LogP contribution in [0.1, 0.15) is 5.56 Å². The molecule has 0 bridgehead atoms. The topological polar surface area (TPSA) is 26.3 Å². The Labute approximate surface area is 109 Å². The summed E-state index contributed by atoms with van der Waals surface area (Å²) in [6.07, 6.45) is -4.63. The Bertz CT molecular complexity index is 411. The van der Waals surface area contributed by atoms with Gasteiger partial charge in [-0.2, -0.15) is 13.2 Å². The summed E-state index contributed by atoms with van der Waals surface area (Å²) in [6.45, 7) is -2.11. The molecule has 0 N–H and O–H groups in total. The van der Waals surface area contributed by atoms with Crippen LogP contribution in [0.4, 0.5) is 17.6 Å². The maximum atomic E-state index is 13.0. The van der Waals surface area contributed by atoms with Crippen LogP contribution in [0, 0.1) is 5.82 Å². The summed E-state index contributed by atoms with van der Waals surface area (Å²) in [5.74, 6) is -1.07. The highest BCUT2D eigenvalue weighted by atomic mass is 79.9. The predicted octanol–water partition coefficient (Wildman–Crippen LogP) is 3.28. The van der Waals surface area contributed by atoms with E-state index in [9.17, 15) is 22.4 Å². The minimum Gasteiger partial charge on any atom is -0.364 e. The summed E-state index contributed by atoms with van der Waals surface area (Å²) in [4.78, 5) is 11.3. The van der Waals surface area contributed by atoms with Crippen molar-refractivity contribution >= 4 is 21.7 Å². The number of carbonyl (C=O) groups excluding carboxylic acids is 1. The van der Waals surface area contributed by atoms with E-state index in [0.29, 0.717) is 10.0 Å². The summed E-state index contributed by atoms with van der Waals surface area (Å²) >= 11 is 3.05. The normalized spacial score (nSPS) is 11.6. The maximum Gasteiger partial charge on any atom is 0.411 e.